The number of aromatic nitrogens is 3. The van der Waals surface area contributed by atoms with Crippen molar-refractivity contribution in [2.24, 2.45) is 0 Å². The van der Waals surface area contributed by atoms with Crippen LogP contribution in [0.2, 0.25) is 0 Å². The van der Waals surface area contributed by atoms with E-state index in [0.717, 1.165) is 6.42 Å². The summed E-state index contributed by atoms with van der Waals surface area (Å²) in [6, 6.07) is 6.52. The Kier molecular flexibility index (Phi) is 5.33. The van der Waals surface area contributed by atoms with Gasteiger partial charge in [-0.1, -0.05) is 12.1 Å². The van der Waals surface area contributed by atoms with Crippen molar-refractivity contribution in [3.63, 3.8) is 0 Å². The lowest BCUT2D eigenvalue weighted by molar-refractivity contribution is 0.0475. The highest BCUT2D eigenvalue weighted by atomic mass is 32.2. The number of amides is 1. The van der Waals surface area contributed by atoms with Gasteiger partial charge in [-0.25, -0.2) is 18.4 Å². The number of nitrogens with zero attached hydrogens (tertiary/aromatic N) is 3. The normalized spacial score (nSPS) is 17.6. The summed E-state index contributed by atoms with van der Waals surface area (Å²) in [6.07, 6.45) is 4.14. The van der Waals surface area contributed by atoms with Gasteiger partial charge in [0.25, 0.3) is 5.91 Å². The van der Waals surface area contributed by atoms with E-state index in [1.165, 1.54) is 0 Å². The van der Waals surface area contributed by atoms with E-state index in [2.05, 4.69) is 15.0 Å². The van der Waals surface area contributed by atoms with Crippen LogP contribution in [0.4, 0.5) is 0 Å². The van der Waals surface area contributed by atoms with Gasteiger partial charge in [0.15, 0.2) is 15.5 Å². The standard InChI is InChI=1S/C21H24N4O4S/c1-13(2)30(28,29)16-7-5-14(6-8-16)18-11-23-20-19(24-18)17(10-22-20)21(27)25-9-3-4-15(26)12-25/h5-8,10-11,13,15,26H,3-4,9,12H2,1-2H3,(H,22,23). The molecule has 0 radical (unpaired) electrons. The molecule has 1 saturated heterocycles. The predicted molar refractivity (Wildman–Crippen MR) is 113 cm³/mol. The summed E-state index contributed by atoms with van der Waals surface area (Å²) in [6.45, 7) is 4.20. The highest BCUT2D eigenvalue weighted by Gasteiger charge is 2.26. The SMILES string of the molecule is CC(C)S(=O)(=O)c1ccc(-c2cnc3[nH]cc(C(=O)N4CCCC(O)C4)c3n2)cc1. The van der Waals surface area contributed by atoms with Crippen LogP contribution < -0.4 is 0 Å². The van der Waals surface area contributed by atoms with Gasteiger partial charge in [0.05, 0.1) is 33.7 Å². The van der Waals surface area contributed by atoms with Crippen molar-refractivity contribution in [1.29, 1.82) is 0 Å². The smallest absolute Gasteiger partial charge is 0.257 e. The zero-order valence-corrected chi connectivity index (χ0v) is 17.7. The van der Waals surface area contributed by atoms with Gasteiger partial charge < -0.3 is 15.0 Å². The average molecular weight is 429 g/mol. The van der Waals surface area contributed by atoms with E-state index >= 15 is 0 Å². The summed E-state index contributed by atoms with van der Waals surface area (Å²) in [4.78, 5) is 26.8. The first-order valence-corrected chi connectivity index (χ1v) is 11.5. The van der Waals surface area contributed by atoms with Crippen molar-refractivity contribution < 1.29 is 18.3 Å². The second kappa shape index (κ2) is 7.81. The number of hydrogen-bond acceptors (Lipinski definition) is 6. The molecule has 0 spiro atoms. The number of nitrogens with one attached hydrogen (secondary N) is 1. The Morgan fingerprint density at radius 2 is 2.00 bits per heavy atom. The average Bonchev–Trinajstić information content (AvgIpc) is 3.16. The summed E-state index contributed by atoms with van der Waals surface area (Å²) in [5, 5.41) is 9.37. The van der Waals surface area contributed by atoms with Gasteiger partial charge >= 0.3 is 0 Å². The molecule has 1 atom stereocenters. The fraction of sp³-hybridized carbons (Fsp3) is 0.381. The number of benzene rings is 1. The molecule has 1 fully saturated rings. The number of H-pyrrole nitrogens is 1. The van der Waals surface area contributed by atoms with Gasteiger partial charge in [-0.15, -0.1) is 0 Å². The van der Waals surface area contributed by atoms with Crippen molar-refractivity contribution in [2.45, 2.75) is 42.9 Å². The van der Waals surface area contributed by atoms with Crippen LogP contribution in [0.1, 0.15) is 37.0 Å². The molecule has 0 bridgehead atoms. The molecule has 3 heterocycles. The van der Waals surface area contributed by atoms with E-state index in [4.69, 9.17) is 0 Å². The lowest BCUT2D eigenvalue weighted by atomic mass is 10.1. The van der Waals surface area contributed by atoms with Crippen LogP contribution in [0.25, 0.3) is 22.4 Å². The second-order valence-electron chi connectivity index (χ2n) is 7.82. The molecule has 1 amide bonds. The summed E-state index contributed by atoms with van der Waals surface area (Å²) >= 11 is 0. The topological polar surface area (TPSA) is 116 Å². The van der Waals surface area contributed by atoms with Crippen LogP contribution in [0.15, 0.2) is 41.6 Å². The molecule has 0 saturated carbocycles. The van der Waals surface area contributed by atoms with Crippen LogP contribution in [-0.4, -0.2) is 63.7 Å². The number of piperidine rings is 1. The number of carbonyl (C=O) groups is 1. The molecule has 8 nitrogen and oxygen atoms in total. The van der Waals surface area contributed by atoms with Gasteiger partial charge in [0, 0.05) is 24.8 Å². The lowest BCUT2D eigenvalue weighted by Gasteiger charge is -2.29. The minimum atomic E-state index is -3.35. The van der Waals surface area contributed by atoms with Crippen LogP contribution in [-0.2, 0) is 9.84 Å². The summed E-state index contributed by atoms with van der Waals surface area (Å²) in [5.74, 6) is -0.190. The fourth-order valence-corrected chi connectivity index (χ4v) is 4.65. The van der Waals surface area contributed by atoms with Crippen molar-refractivity contribution >= 4 is 26.9 Å². The molecule has 1 aliphatic rings. The van der Waals surface area contributed by atoms with Crippen LogP contribution in [0.5, 0.6) is 0 Å². The minimum absolute atomic E-state index is 0.190. The molecule has 1 aromatic carbocycles. The van der Waals surface area contributed by atoms with Crippen LogP contribution in [0, 0.1) is 0 Å². The first-order valence-electron chi connectivity index (χ1n) is 9.93. The van der Waals surface area contributed by atoms with E-state index in [-0.39, 0.29) is 10.8 Å². The molecule has 158 valence electrons. The Hall–Kier alpha value is -2.78. The number of β-amino-alcohol motifs (C(OH)–C–C–N with tert-alkyl or cyclic N) is 1. The van der Waals surface area contributed by atoms with Crippen molar-refractivity contribution in [2.75, 3.05) is 13.1 Å². The summed E-state index contributed by atoms with van der Waals surface area (Å²) in [7, 11) is -3.35. The molecule has 2 aromatic heterocycles. The number of carbonyl (C=O) groups excluding carboxylic acids is 1. The highest BCUT2D eigenvalue weighted by molar-refractivity contribution is 7.92. The molecule has 0 aliphatic carbocycles. The molecule has 1 aliphatic heterocycles. The Labute approximate surface area is 174 Å². The Morgan fingerprint density at radius 3 is 2.67 bits per heavy atom. The van der Waals surface area contributed by atoms with Crippen molar-refractivity contribution in [3.8, 4) is 11.3 Å². The lowest BCUT2D eigenvalue weighted by Crippen LogP contribution is -2.42. The second-order valence-corrected chi connectivity index (χ2v) is 10.3. The summed E-state index contributed by atoms with van der Waals surface area (Å²) < 4.78 is 24.6. The maximum absolute atomic E-state index is 12.9. The molecule has 1 unspecified atom stereocenters. The molecular formula is C21H24N4O4S. The molecular weight excluding hydrogens is 404 g/mol. The van der Waals surface area contributed by atoms with Gasteiger partial charge in [-0.05, 0) is 38.8 Å². The maximum Gasteiger partial charge on any atom is 0.257 e. The van der Waals surface area contributed by atoms with E-state index in [9.17, 15) is 18.3 Å². The first-order chi connectivity index (χ1) is 14.3. The third kappa shape index (κ3) is 3.70. The number of aromatic amines is 1. The zero-order valence-electron chi connectivity index (χ0n) is 16.9. The van der Waals surface area contributed by atoms with Gasteiger partial charge in [-0.3, -0.25) is 4.79 Å². The Balaban J connectivity index is 1.67. The quantitative estimate of drug-likeness (QED) is 0.659. The van der Waals surface area contributed by atoms with E-state index < -0.39 is 21.2 Å². The molecule has 30 heavy (non-hydrogen) atoms. The number of sulfone groups is 1. The van der Waals surface area contributed by atoms with E-state index in [1.54, 1.807) is 55.4 Å². The van der Waals surface area contributed by atoms with Crippen molar-refractivity contribution in [3.05, 3.63) is 42.2 Å². The highest BCUT2D eigenvalue weighted by Crippen LogP contribution is 2.25. The van der Waals surface area contributed by atoms with E-state index in [1.807, 2.05) is 0 Å². The predicted octanol–water partition coefficient (Wildman–Crippen LogP) is 2.40. The molecule has 3 aromatic rings. The third-order valence-electron chi connectivity index (χ3n) is 5.39. The number of fused-ring (bicyclic) bond motifs is 1. The number of aliphatic hydroxyl groups excluding tert-OH is 1. The Bertz CT molecular complexity index is 1190. The third-order valence-corrected chi connectivity index (χ3v) is 7.56. The van der Waals surface area contributed by atoms with Crippen LogP contribution in [0.3, 0.4) is 0 Å². The maximum atomic E-state index is 12.9. The molecule has 2 N–H and O–H groups in total. The number of likely N-dealkylation sites (tertiary alicyclic amines) is 1. The van der Waals surface area contributed by atoms with Crippen LogP contribution >= 0.6 is 0 Å². The number of rotatable bonds is 4. The number of hydrogen-bond donors (Lipinski definition) is 2. The Morgan fingerprint density at radius 1 is 1.27 bits per heavy atom. The van der Waals surface area contributed by atoms with Gasteiger partial charge in [-0.2, -0.15) is 0 Å². The largest absolute Gasteiger partial charge is 0.391 e. The molecule has 9 heteroatoms. The van der Waals surface area contributed by atoms with Crippen molar-refractivity contribution in [1.82, 2.24) is 19.9 Å². The van der Waals surface area contributed by atoms with Gasteiger partial charge in [0.1, 0.15) is 5.52 Å². The fourth-order valence-electron chi connectivity index (χ4n) is 3.59. The monoisotopic (exact) mass is 428 g/mol. The van der Waals surface area contributed by atoms with Gasteiger partial charge in [0.2, 0.25) is 0 Å². The van der Waals surface area contributed by atoms with E-state index in [0.29, 0.717) is 47.5 Å². The number of aliphatic hydroxyl groups is 1. The molecule has 4 rings (SSSR count). The minimum Gasteiger partial charge on any atom is -0.391 e. The first kappa shape index (κ1) is 20.5. The zero-order chi connectivity index (χ0) is 21.5. The summed E-state index contributed by atoms with van der Waals surface area (Å²) in [5.41, 5.74) is 2.62.